The Morgan fingerprint density at radius 1 is 1.09 bits per heavy atom. The van der Waals surface area contributed by atoms with Gasteiger partial charge in [0.25, 0.3) is 0 Å². The molecule has 2 aromatic rings. The van der Waals surface area contributed by atoms with Crippen LogP contribution in [0.5, 0.6) is 0 Å². The van der Waals surface area contributed by atoms with Gasteiger partial charge in [0.05, 0.1) is 5.69 Å². The molecule has 0 aliphatic carbocycles. The van der Waals surface area contributed by atoms with Gasteiger partial charge in [-0.2, -0.15) is 0 Å². The summed E-state index contributed by atoms with van der Waals surface area (Å²) in [7, 11) is 0. The molecule has 0 radical (unpaired) electrons. The van der Waals surface area contributed by atoms with Crippen molar-refractivity contribution in [3.05, 3.63) is 84.2 Å². The average Bonchev–Trinajstić information content (AvgIpc) is 2.54. The molecule has 22 heavy (non-hydrogen) atoms. The predicted octanol–water partition coefficient (Wildman–Crippen LogP) is 4.32. The van der Waals surface area contributed by atoms with Gasteiger partial charge in [-0.1, -0.05) is 42.5 Å². The molecule has 0 saturated heterocycles. The van der Waals surface area contributed by atoms with Crippen molar-refractivity contribution < 1.29 is 4.79 Å². The van der Waals surface area contributed by atoms with Gasteiger partial charge >= 0.3 is 0 Å². The quantitative estimate of drug-likeness (QED) is 0.658. The van der Waals surface area contributed by atoms with Crippen LogP contribution in [0.1, 0.15) is 18.2 Å². The zero-order chi connectivity index (χ0) is 15.6. The maximum atomic E-state index is 11.7. The van der Waals surface area contributed by atoms with E-state index in [2.05, 4.69) is 10.3 Å². The number of benzene rings is 1. The van der Waals surface area contributed by atoms with Crippen LogP contribution < -0.4 is 5.32 Å². The number of hydrogen-bond donors (Lipinski definition) is 1. The van der Waals surface area contributed by atoms with Crippen molar-refractivity contribution in [1.82, 2.24) is 4.98 Å². The van der Waals surface area contributed by atoms with Gasteiger partial charge in [0.15, 0.2) is 0 Å². The first-order valence-electron chi connectivity index (χ1n) is 7.07. The lowest BCUT2D eigenvalue weighted by Crippen LogP contribution is -2.07. The number of carbonyl (C=O) groups is 1. The fourth-order valence-electron chi connectivity index (χ4n) is 1.81. The second-order valence-corrected chi connectivity index (χ2v) is 4.59. The number of anilines is 1. The van der Waals surface area contributed by atoms with Crippen LogP contribution in [-0.2, 0) is 4.79 Å². The third-order valence-corrected chi connectivity index (χ3v) is 2.84. The van der Waals surface area contributed by atoms with Crippen LogP contribution in [0.4, 0.5) is 5.69 Å². The lowest BCUT2D eigenvalue weighted by molar-refractivity contribution is -0.111. The maximum Gasteiger partial charge on any atom is 0.248 e. The van der Waals surface area contributed by atoms with Crippen LogP contribution in [-0.4, -0.2) is 10.9 Å². The minimum atomic E-state index is -0.149. The molecule has 3 heteroatoms. The molecule has 1 amide bonds. The van der Waals surface area contributed by atoms with Crippen LogP contribution in [0, 0.1) is 0 Å². The largest absolute Gasteiger partial charge is 0.322 e. The molecule has 1 aromatic heterocycles. The van der Waals surface area contributed by atoms with Crippen molar-refractivity contribution in [3.8, 4) is 0 Å². The Kier molecular flexibility index (Phi) is 5.88. The highest BCUT2D eigenvalue weighted by Gasteiger charge is 1.97. The summed E-state index contributed by atoms with van der Waals surface area (Å²) >= 11 is 0. The third-order valence-electron chi connectivity index (χ3n) is 2.84. The van der Waals surface area contributed by atoms with Crippen LogP contribution in [0.3, 0.4) is 0 Å². The van der Waals surface area contributed by atoms with Crippen LogP contribution >= 0.6 is 0 Å². The summed E-state index contributed by atoms with van der Waals surface area (Å²) in [6, 6.07) is 13.4. The van der Waals surface area contributed by atoms with E-state index in [1.807, 2.05) is 73.7 Å². The Balaban J connectivity index is 2.04. The van der Waals surface area contributed by atoms with Gasteiger partial charge in [-0.05, 0) is 42.8 Å². The zero-order valence-corrected chi connectivity index (χ0v) is 12.4. The van der Waals surface area contributed by atoms with Gasteiger partial charge in [-0.3, -0.25) is 9.78 Å². The molecular formula is C19H18N2O. The molecule has 2 rings (SSSR count). The molecule has 0 saturated carbocycles. The van der Waals surface area contributed by atoms with E-state index < -0.39 is 0 Å². The fraction of sp³-hybridized carbons (Fsp3) is 0.0526. The van der Waals surface area contributed by atoms with Crippen molar-refractivity contribution in [2.24, 2.45) is 0 Å². The molecule has 1 N–H and O–H groups in total. The second-order valence-electron chi connectivity index (χ2n) is 4.59. The minimum absolute atomic E-state index is 0.149. The number of aromatic nitrogens is 1. The Morgan fingerprint density at radius 2 is 2.00 bits per heavy atom. The van der Waals surface area contributed by atoms with Crippen LogP contribution in [0.15, 0.2) is 73.0 Å². The molecule has 110 valence electrons. The summed E-state index contributed by atoms with van der Waals surface area (Å²) in [4.78, 5) is 16.0. The van der Waals surface area contributed by atoms with Crippen molar-refractivity contribution in [3.63, 3.8) is 0 Å². The normalized spacial score (nSPS) is 11.5. The summed E-state index contributed by atoms with van der Waals surface area (Å²) in [5.41, 5.74) is 2.66. The first-order chi connectivity index (χ1) is 10.8. The van der Waals surface area contributed by atoms with Crippen molar-refractivity contribution in [2.45, 2.75) is 6.92 Å². The topological polar surface area (TPSA) is 42.0 Å². The monoisotopic (exact) mass is 290 g/mol. The Morgan fingerprint density at radius 3 is 2.77 bits per heavy atom. The van der Waals surface area contributed by atoms with Crippen molar-refractivity contribution in [1.29, 1.82) is 0 Å². The van der Waals surface area contributed by atoms with Gasteiger partial charge in [0.1, 0.15) is 0 Å². The van der Waals surface area contributed by atoms with Crippen LogP contribution in [0.25, 0.3) is 12.2 Å². The molecule has 0 aliphatic heterocycles. The van der Waals surface area contributed by atoms with Gasteiger partial charge < -0.3 is 5.32 Å². The smallest absolute Gasteiger partial charge is 0.248 e. The predicted molar refractivity (Wildman–Crippen MR) is 92.2 cm³/mol. The lowest BCUT2D eigenvalue weighted by atomic mass is 10.1. The minimum Gasteiger partial charge on any atom is -0.322 e. The highest BCUT2D eigenvalue weighted by atomic mass is 16.1. The molecule has 0 atom stereocenters. The van der Waals surface area contributed by atoms with E-state index in [1.54, 1.807) is 12.3 Å². The first kappa shape index (κ1) is 15.4. The summed E-state index contributed by atoms with van der Waals surface area (Å²) in [6.45, 7) is 1.90. The number of rotatable bonds is 5. The van der Waals surface area contributed by atoms with Crippen LogP contribution in [0.2, 0.25) is 0 Å². The van der Waals surface area contributed by atoms with Crippen molar-refractivity contribution >= 4 is 23.7 Å². The first-order valence-corrected chi connectivity index (χ1v) is 7.07. The van der Waals surface area contributed by atoms with E-state index in [9.17, 15) is 4.79 Å². The van der Waals surface area contributed by atoms with E-state index in [0.29, 0.717) is 0 Å². The molecule has 0 bridgehead atoms. The molecule has 0 fully saturated rings. The van der Waals surface area contributed by atoms with E-state index >= 15 is 0 Å². The number of amides is 1. The Hall–Kier alpha value is -2.94. The SMILES string of the molecule is CC=CC=CC(=O)Nc1cccc(C=Cc2ccccn2)c1. The molecule has 3 nitrogen and oxygen atoms in total. The van der Waals surface area contributed by atoms with Crippen molar-refractivity contribution in [2.75, 3.05) is 5.32 Å². The molecular weight excluding hydrogens is 272 g/mol. The Bertz CT molecular complexity index is 700. The number of hydrogen-bond acceptors (Lipinski definition) is 2. The summed E-state index contributed by atoms with van der Waals surface area (Å²) in [6.07, 6.45) is 12.5. The summed E-state index contributed by atoms with van der Waals surface area (Å²) in [5.74, 6) is -0.149. The standard InChI is InChI=1S/C19H18N2O/c1-2-3-4-11-19(22)21-18-10-7-8-16(15-18)12-13-17-9-5-6-14-20-17/h2-15H,1H3,(H,21,22). The summed E-state index contributed by atoms with van der Waals surface area (Å²) < 4.78 is 0. The molecule has 0 unspecified atom stereocenters. The van der Waals surface area contributed by atoms with E-state index in [4.69, 9.17) is 0 Å². The van der Waals surface area contributed by atoms with Gasteiger partial charge in [0.2, 0.25) is 5.91 Å². The van der Waals surface area contributed by atoms with Gasteiger partial charge in [-0.25, -0.2) is 0 Å². The average molecular weight is 290 g/mol. The molecule has 0 aliphatic rings. The number of nitrogens with one attached hydrogen (secondary N) is 1. The van der Waals surface area contributed by atoms with E-state index in [1.165, 1.54) is 6.08 Å². The number of pyridine rings is 1. The number of carbonyl (C=O) groups excluding carboxylic acids is 1. The highest BCUT2D eigenvalue weighted by Crippen LogP contribution is 2.13. The second kappa shape index (κ2) is 8.37. The maximum absolute atomic E-state index is 11.7. The molecule has 1 aromatic carbocycles. The Labute approximate surface area is 130 Å². The van der Waals surface area contributed by atoms with Gasteiger partial charge in [0, 0.05) is 18.0 Å². The fourth-order valence-corrected chi connectivity index (χ4v) is 1.81. The molecule has 0 spiro atoms. The zero-order valence-electron chi connectivity index (χ0n) is 12.4. The lowest BCUT2D eigenvalue weighted by Gasteiger charge is -2.03. The third kappa shape index (κ3) is 5.21. The number of nitrogens with zero attached hydrogens (tertiary/aromatic N) is 1. The number of allylic oxidation sites excluding steroid dienone is 3. The van der Waals surface area contributed by atoms with E-state index in [0.717, 1.165) is 16.9 Å². The molecule has 1 heterocycles. The summed E-state index contributed by atoms with van der Waals surface area (Å²) in [5, 5.41) is 2.83. The van der Waals surface area contributed by atoms with E-state index in [-0.39, 0.29) is 5.91 Å². The van der Waals surface area contributed by atoms with Gasteiger partial charge in [-0.15, -0.1) is 0 Å². The highest BCUT2D eigenvalue weighted by molar-refractivity contribution is 5.99.